The van der Waals surface area contributed by atoms with Gasteiger partial charge in [-0.15, -0.1) is 0 Å². The van der Waals surface area contributed by atoms with Crippen LogP contribution in [0.25, 0.3) is 0 Å². The lowest BCUT2D eigenvalue weighted by atomic mass is 10.1. The fourth-order valence-corrected chi connectivity index (χ4v) is 2.23. The van der Waals surface area contributed by atoms with Crippen LogP contribution in [0, 0.1) is 13.8 Å². The minimum Gasteiger partial charge on any atom is -0.489 e. The summed E-state index contributed by atoms with van der Waals surface area (Å²) in [5.74, 6) is 0.857. The zero-order valence-electron chi connectivity index (χ0n) is 11.9. The van der Waals surface area contributed by atoms with Gasteiger partial charge in [0.2, 0.25) is 0 Å². The standard InChI is InChI=1S/C16H17ClN2O2/c1-10-3-6-15(11(2)7-10)21-9-13-5-4-12(8-14(13)17)16(18)19-20/h3-8,20H,9H2,1-2H3,(H2,18,19). The summed E-state index contributed by atoms with van der Waals surface area (Å²) < 4.78 is 5.79. The number of ether oxygens (including phenoxy) is 1. The molecule has 0 atom stereocenters. The van der Waals surface area contributed by atoms with E-state index in [9.17, 15) is 0 Å². The van der Waals surface area contributed by atoms with Gasteiger partial charge in [0.1, 0.15) is 12.4 Å². The van der Waals surface area contributed by atoms with E-state index >= 15 is 0 Å². The highest BCUT2D eigenvalue weighted by Crippen LogP contribution is 2.23. The number of hydrogen-bond acceptors (Lipinski definition) is 3. The van der Waals surface area contributed by atoms with Crippen LogP contribution in [-0.2, 0) is 6.61 Å². The van der Waals surface area contributed by atoms with Gasteiger partial charge in [-0.1, -0.05) is 46.6 Å². The minimum absolute atomic E-state index is 0.0266. The molecule has 0 aliphatic rings. The first-order valence-electron chi connectivity index (χ1n) is 6.47. The average Bonchev–Trinajstić information content (AvgIpc) is 2.46. The molecule has 0 amide bonds. The molecule has 2 rings (SSSR count). The number of halogens is 1. The maximum atomic E-state index is 8.65. The number of nitrogens with two attached hydrogens (primary N) is 1. The Bertz CT molecular complexity index is 684. The molecule has 0 fully saturated rings. The summed E-state index contributed by atoms with van der Waals surface area (Å²) in [6, 6.07) is 11.2. The van der Waals surface area contributed by atoms with Crippen molar-refractivity contribution >= 4 is 17.4 Å². The summed E-state index contributed by atoms with van der Waals surface area (Å²) in [7, 11) is 0. The number of amidine groups is 1. The number of oxime groups is 1. The van der Waals surface area contributed by atoms with E-state index < -0.39 is 0 Å². The molecule has 0 aromatic heterocycles. The van der Waals surface area contributed by atoms with Crippen LogP contribution in [0.4, 0.5) is 0 Å². The van der Waals surface area contributed by atoms with Crippen molar-refractivity contribution in [3.8, 4) is 5.75 Å². The van der Waals surface area contributed by atoms with E-state index in [1.165, 1.54) is 5.56 Å². The highest BCUT2D eigenvalue weighted by Gasteiger charge is 2.07. The second-order valence-corrected chi connectivity index (χ2v) is 5.26. The molecule has 0 radical (unpaired) electrons. The molecule has 0 saturated carbocycles. The molecule has 0 spiro atoms. The molecular formula is C16H17ClN2O2. The van der Waals surface area contributed by atoms with Crippen molar-refractivity contribution in [2.75, 3.05) is 0 Å². The zero-order chi connectivity index (χ0) is 15.4. The Morgan fingerprint density at radius 1 is 1.24 bits per heavy atom. The molecule has 5 heteroatoms. The Hall–Kier alpha value is -2.20. The predicted molar refractivity (Wildman–Crippen MR) is 84.2 cm³/mol. The first kappa shape index (κ1) is 15.2. The highest BCUT2D eigenvalue weighted by atomic mass is 35.5. The molecule has 2 aromatic rings. The molecule has 3 N–H and O–H groups in total. The predicted octanol–water partition coefficient (Wildman–Crippen LogP) is 3.63. The quantitative estimate of drug-likeness (QED) is 0.392. The number of nitrogens with zero attached hydrogens (tertiary/aromatic N) is 1. The summed E-state index contributed by atoms with van der Waals surface area (Å²) in [6.45, 7) is 4.41. The van der Waals surface area contributed by atoms with Crippen LogP contribution < -0.4 is 10.5 Å². The Labute approximate surface area is 128 Å². The third kappa shape index (κ3) is 3.67. The SMILES string of the molecule is Cc1ccc(OCc2ccc(/C(N)=N/O)cc2Cl)c(C)c1. The van der Waals surface area contributed by atoms with Crippen LogP contribution in [0.1, 0.15) is 22.3 Å². The fraction of sp³-hybridized carbons (Fsp3) is 0.188. The second kappa shape index (κ2) is 6.50. The largest absolute Gasteiger partial charge is 0.489 e. The number of hydrogen-bond donors (Lipinski definition) is 2. The Balaban J connectivity index is 2.13. The Kier molecular flexibility index (Phi) is 4.70. The van der Waals surface area contributed by atoms with E-state index in [0.29, 0.717) is 17.2 Å². The van der Waals surface area contributed by atoms with Crippen molar-refractivity contribution < 1.29 is 9.94 Å². The number of aryl methyl sites for hydroxylation is 2. The molecule has 0 aliphatic heterocycles. The molecule has 2 aromatic carbocycles. The van der Waals surface area contributed by atoms with Crippen LogP contribution in [0.5, 0.6) is 5.75 Å². The summed E-state index contributed by atoms with van der Waals surface area (Å²) in [5, 5.41) is 12.1. The van der Waals surface area contributed by atoms with Crippen molar-refractivity contribution in [2.24, 2.45) is 10.9 Å². The normalized spacial score (nSPS) is 11.5. The monoisotopic (exact) mass is 304 g/mol. The molecule has 4 nitrogen and oxygen atoms in total. The lowest BCUT2D eigenvalue weighted by molar-refractivity contribution is 0.304. The van der Waals surface area contributed by atoms with E-state index in [4.69, 9.17) is 27.3 Å². The van der Waals surface area contributed by atoms with Gasteiger partial charge in [-0.05, 0) is 31.5 Å². The first-order valence-corrected chi connectivity index (χ1v) is 6.85. The van der Waals surface area contributed by atoms with Gasteiger partial charge in [0, 0.05) is 16.1 Å². The van der Waals surface area contributed by atoms with Gasteiger partial charge < -0.3 is 15.7 Å². The van der Waals surface area contributed by atoms with Gasteiger partial charge in [-0.3, -0.25) is 0 Å². The molecular weight excluding hydrogens is 288 g/mol. The van der Waals surface area contributed by atoms with Gasteiger partial charge in [0.25, 0.3) is 0 Å². The van der Waals surface area contributed by atoms with Crippen molar-refractivity contribution in [3.63, 3.8) is 0 Å². The average molecular weight is 305 g/mol. The third-order valence-electron chi connectivity index (χ3n) is 3.17. The molecule has 0 saturated heterocycles. The third-order valence-corrected chi connectivity index (χ3v) is 3.52. The lowest BCUT2D eigenvalue weighted by Crippen LogP contribution is -2.13. The maximum absolute atomic E-state index is 8.65. The Morgan fingerprint density at radius 3 is 2.62 bits per heavy atom. The first-order chi connectivity index (χ1) is 10.0. The summed E-state index contributed by atoms with van der Waals surface area (Å²) in [5.41, 5.74) is 9.21. The van der Waals surface area contributed by atoms with E-state index in [0.717, 1.165) is 16.9 Å². The number of benzene rings is 2. The Morgan fingerprint density at radius 2 is 2.00 bits per heavy atom. The van der Waals surface area contributed by atoms with Crippen LogP contribution in [0.2, 0.25) is 5.02 Å². The van der Waals surface area contributed by atoms with E-state index in [2.05, 4.69) is 11.2 Å². The summed E-state index contributed by atoms with van der Waals surface area (Å²) in [6.07, 6.45) is 0. The summed E-state index contributed by atoms with van der Waals surface area (Å²) in [4.78, 5) is 0. The van der Waals surface area contributed by atoms with Gasteiger partial charge in [-0.2, -0.15) is 0 Å². The van der Waals surface area contributed by atoms with Crippen molar-refractivity contribution in [2.45, 2.75) is 20.5 Å². The fourth-order valence-electron chi connectivity index (χ4n) is 2.00. The van der Waals surface area contributed by atoms with Crippen LogP contribution in [0.15, 0.2) is 41.6 Å². The van der Waals surface area contributed by atoms with Crippen molar-refractivity contribution in [1.29, 1.82) is 0 Å². The molecule has 0 heterocycles. The smallest absolute Gasteiger partial charge is 0.170 e. The second-order valence-electron chi connectivity index (χ2n) is 4.85. The minimum atomic E-state index is 0.0266. The van der Waals surface area contributed by atoms with Gasteiger partial charge >= 0.3 is 0 Å². The summed E-state index contributed by atoms with van der Waals surface area (Å²) >= 11 is 6.19. The van der Waals surface area contributed by atoms with E-state index in [1.807, 2.05) is 26.0 Å². The van der Waals surface area contributed by atoms with Crippen LogP contribution in [-0.4, -0.2) is 11.0 Å². The molecule has 0 unspecified atom stereocenters. The van der Waals surface area contributed by atoms with Gasteiger partial charge in [-0.25, -0.2) is 0 Å². The highest BCUT2D eigenvalue weighted by molar-refractivity contribution is 6.31. The van der Waals surface area contributed by atoms with Gasteiger partial charge in [0.05, 0.1) is 0 Å². The van der Waals surface area contributed by atoms with E-state index in [-0.39, 0.29) is 5.84 Å². The topological polar surface area (TPSA) is 67.8 Å². The zero-order valence-corrected chi connectivity index (χ0v) is 12.7. The van der Waals surface area contributed by atoms with Crippen LogP contribution in [0.3, 0.4) is 0 Å². The molecule has 110 valence electrons. The van der Waals surface area contributed by atoms with E-state index in [1.54, 1.807) is 18.2 Å². The molecule has 0 aliphatic carbocycles. The van der Waals surface area contributed by atoms with Crippen LogP contribution >= 0.6 is 11.6 Å². The number of rotatable bonds is 4. The maximum Gasteiger partial charge on any atom is 0.170 e. The van der Waals surface area contributed by atoms with Crippen molar-refractivity contribution in [1.82, 2.24) is 0 Å². The molecule has 21 heavy (non-hydrogen) atoms. The van der Waals surface area contributed by atoms with Crippen molar-refractivity contribution in [3.05, 3.63) is 63.7 Å². The molecule has 0 bridgehead atoms. The lowest BCUT2D eigenvalue weighted by Gasteiger charge is -2.11. The van der Waals surface area contributed by atoms with Gasteiger partial charge in [0.15, 0.2) is 5.84 Å².